The van der Waals surface area contributed by atoms with E-state index in [-0.39, 0.29) is 6.10 Å². The Bertz CT molecular complexity index is 126. The third kappa shape index (κ3) is 4.69. The Balaban J connectivity index is 3.76. The van der Waals surface area contributed by atoms with Gasteiger partial charge < -0.3 is 8.85 Å². The highest BCUT2D eigenvalue weighted by Gasteiger charge is 2.14. The highest BCUT2D eigenvalue weighted by atomic mass is 28.3. The molecule has 0 rings (SSSR count). The van der Waals surface area contributed by atoms with E-state index in [1.807, 2.05) is 12.6 Å². The maximum absolute atomic E-state index is 5.70. The van der Waals surface area contributed by atoms with Gasteiger partial charge in [0.2, 0.25) is 0 Å². The number of hydrogen-bond donors (Lipinski definition) is 0. The maximum Gasteiger partial charge on any atom is 0.348 e. The Morgan fingerprint density at radius 1 is 1.42 bits per heavy atom. The van der Waals surface area contributed by atoms with E-state index in [1.165, 1.54) is 0 Å². The maximum atomic E-state index is 5.70. The Morgan fingerprint density at radius 2 is 2.00 bits per heavy atom. The number of rotatable bonds is 6. The van der Waals surface area contributed by atoms with Crippen molar-refractivity contribution >= 4 is 9.28 Å². The first-order valence-electron chi connectivity index (χ1n) is 4.51. The highest BCUT2D eigenvalue weighted by molar-refractivity contribution is 6.50. The van der Waals surface area contributed by atoms with Gasteiger partial charge in [0.1, 0.15) is 0 Å². The zero-order valence-electron chi connectivity index (χ0n) is 8.54. The second-order valence-corrected chi connectivity index (χ2v) is 4.96. The first kappa shape index (κ1) is 11.9. The second kappa shape index (κ2) is 6.40. The molecule has 0 fully saturated rings. The molecule has 0 amide bonds. The molecule has 0 saturated heterocycles. The summed E-state index contributed by atoms with van der Waals surface area (Å²) < 4.78 is 11.1. The molecule has 2 nitrogen and oxygen atoms in total. The highest BCUT2D eigenvalue weighted by Crippen LogP contribution is 2.07. The normalized spacial score (nSPS) is 16.1. The lowest BCUT2D eigenvalue weighted by Crippen LogP contribution is -2.28. The van der Waals surface area contributed by atoms with E-state index in [9.17, 15) is 0 Å². The molecule has 12 heavy (non-hydrogen) atoms. The topological polar surface area (TPSA) is 18.5 Å². The van der Waals surface area contributed by atoms with Gasteiger partial charge in [-0.2, -0.15) is 0 Å². The van der Waals surface area contributed by atoms with Crippen LogP contribution in [0.2, 0.25) is 0 Å². The molecule has 0 heterocycles. The van der Waals surface area contributed by atoms with Crippen LogP contribution in [0.15, 0.2) is 12.3 Å². The molecule has 0 N–H and O–H groups in total. The molecule has 72 valence electrons. The molecule has 0 aromatic carbocycles. The zero-order valence-corrected chi connectivity index (χ0v) is 9.69. The molecule has 2 atom stereocenters. The molecule has 0 aliphatic carbocycles. The molecular weight excluding hydrogens is 168 g/mol. The van der Waals surface area contributed by atoms with Gasteiger partial charge in [-0.25, -0.2) is 0 Å². The zero-order chi connectivity index (χ0) is 9.56. The molecule has 0 aliphatic rings. The summed E-state index contributed by atoms with van der Waals surface area (Å²) in [6.45, 7) is 12.8. The third-order valence-corrected chi connectivity index (χ3v) is 3.56. The fourth-order valence-electron chi connectivity index (χ4n) is 0.696. The average molecular weight is 188 g/mol. The van der Waals surface area contributed by atoms with Crippen molar-refractivity contribution in [2.45, 2.75) is 33.8 Å². The van der Waals surface area contributed by atoms with Crippen molar-refractivity contribution < 1.29 is 8.85 Å². The Morgan fingerprint density at radius 3 is 2.33 bits per heavy atom. The Labute approximate surface area is 77.4 Å². The number of hydrogen-bond acceptors (Lipinski definition) is 2. The van der Waals surface area contributed by atoms with Gasteiger partial charge in [0, 0.05) is 12.7 Å². The summed E-state index contributed by atoms with van der Waals surface area (Å²) >= 11 is 0. The molecule has 0 aromatic rings. The standard InChI is InChI=1S/C9H20O2Si/c1-6-10-12(7-2)11-9(5)8(3)4/h7-9,12H,2,6H2,1,3-5H3. The van der Waals surface area contributed by atoms with Crippen molar-refractivity contribution in [2.75, 3.05) is 6.61 Å². The van der Waals surface area contributed by atoms with Crippen molar-refractivity contribution in [1.29, 1.82) is 0 Å². The molecular formula is C9H20O2Si. The molecule has 0 radical (unpaired) electrons. The lowest BCUT2D eigenvalue weighted by molar-refractivity contribution is 0.124. The predicted octanol–water partition coefficient (Wildman–Crippen LogP) is 2.03. The van der Waals surface area contributed by atoms with Crippen LogP contribution in [-0.2, 0) is 8.85 Å². The van der Waals surface area contributed by atoms with Crippen LogP contribution in [0, 0.1) is 5.92 Å². The SMILES string of the molecule is C=C[SiH](OCC)OC(C)C(C)C. The van der Waals surface area contributed by atoms with Crippen molar-refractivity contribution in [1.82, 2.24) is 0 Å². The third-order valence-electron chi connectivity index (χ3n) is 1.81. The summed E-state index contributed by atoms with van der Waals surface area (Å²) in [4.78, 5) is 0. The minimum absolute atomic E-state index is 0.270. The van der Waals surface area contributed by atoms with Crippen LogP contribution >= 0.6 is 0 Å². The molecule has 0 spiro atoms. The predicted molar refractivity (Wildman–Crippen MR) is 54.4 cm³/mol. The average Bonchev–Trinajstić information content (AvgIpc) is 2.03. The smallest absolute Gasteiger partial charge is 0.348 e. The second-order valence-electron chi connectivity index (χ2n) is 3.14. The Hall–Kier alpha value is -0.123. The fraction of sp³-hybridized carbons (Fsp3) is 0.778. The van der Waals surface area contributed by atoms with E-state index < -0.39 is 9.28 Å². The molecule has 2 unspecified atom stereocenters. The fourth-order valence-corrected chi connectivity index (χ4v) is 2.09. The minimum Gasteiger partial charge on any atom is -0.394 e. The Kier molecular flexibility index (Phi) is 6.33. The monoisotopic (exact) mass is 188 g/mol. The van der Waals surface area contributed by atoms with Gasteiger partial charge in [-0.3, -0.25) is 0 Å². The summed E-state index contributed by atoms with van der Waals surface area (Å²) in [6.07, 6.45) is 0.270. The summed E-state index contributed by atoms with van der Waals surface area (Å²) in [5.74, 6) is 0.542. The van der Waals surface area contributed by atoms with Gasteiger partial charge in [-0.05, 0) is 19.8 Å². The van der Waals surface area contributed by atoms with Crippen molar-refractivity contribution in [3.63, 3.8) is 0 Å². The van der Waals surface area contributed by atoms with Crippen LogP contribution in [0.3, 0.4) is 0 Å². The van der Waals surface area contributed by atoms with Gasteiger partial charge in [0.05, 0.1) is 0 Å². The molecule has 0 bridgehead atoms. The summed E-state index contributed by atoms with van der Waals surface area (Å²) in [6, 6.07) is 0. The largest absolute Gasteiger partial charge is 0.394 e. The summed E-state index contributed by atoms with van der Waals surface area (Å²) in [5, 5.41) is 0. The van der Waals surface area contributed by atoms with Crippen LogP contribution in [-0.4, -0.2) is 22.0 Å². The minimum atomic E-state index is -1.56. The van der Waals surface area contributed by atoms with Crippen LogP contribution in [0.5, 0.6) is 0 Å². The molecule has 0 saturated carbocycles. The molecule has 0 aromatic heterocycles. The van der Waals surface area contributed by atoms with Gasteiger partial charge in [-0.15, -0.1) is 6.58 Å². The molecule has 3 heteroatoms. The van der Waals surface area contributed by atoms with E-state index in [0.29, 0.717) is 12.5 Å². The van der Waals surface area contributed by atoms with Gasteiger partial charge in [0.25, 0.3) is 0 Å². The van der Waals surface area contributed by atoms with Gasteiger partial charge >= 0.3 is 9.28 Å². The van der Waals surface area contributed by atoms with Gasteiger partial charge in [0.15, 0.2) is 0 Å². The van der Waals surface area contributed by atoms with Gasteiger partial charge in [-0.1, -0.05) is 19.5 Å². The summed E-state index contributed by atoms with van der Waals surface area (Å²) in [7, 11) is -1.56. The van der Waals surface area contributed by atoms with Crippen molar-refractivity contribution in [3.05, 3.63) is 12.3 Å². The van der Waals surface area contributed by atoms with Crippen molar-refractivity contribution in [2.24, 2.45) is 5.92 Å². The van der Waals surface area contributed by atoms with E-state index in [2.05, 4.69) is 27.4 Å². The first-order chi connectivity index (χ1) is 5.61. The van der Waals surface area contributed by atoms with Crippen LogP contribution < -0.4 is 0 Å². The summed E-state index contributed by atoms with van der Waals surface area (Å²) in [5.41, 5.74) is 1.82. The van der Waals surface area contributed by atoms with E-state index >= 15 is 0 Å². The molecule has 0 aliphatic heterocycles. The quantitative estimate of drug-likeness (QED) is 0.594. The lowest BCUT2D eigenvalue weighted by atomic mass is 10.1. The van der Waals surface area contributed by atoms with E-state index in [1.54, 1.807) is 0 Å². The first-order valence-corrected chi connectivity index (χ1v) is 6.12. The van der Waals surface area contributed by atoms with Crippen LogP contribution in [0.25, 0.3) is 0 Å². The van der Waals surface area contributed by atoms with Crippen molar-refractivity contribution in [3.8, 4) is 0 Å². The lowest BCUT2D eigenvalue weighted by Gasteiger charge is -2.21. The van der Waals surface area contributed by atoms with Crippen LogP contribution in [0.1, 0.15) is 27.7 Å². The van der Waals surface area contributed by atoms with Crippen LogP contribution in [0.4, 0.5) is 0 Å². The van der Waals surface area contributed by atoms with E-state index in [4.69, 9.17) is 8.85 Å². The van der Waals surface area contributed by atoms with E-state index in [0.717, 1.165) is 0 Å².